The summed E-state index contributed by atoms with van der Waals surface area (Å²) < 4.78 is 11.3. The Balaban J connectivity index is 1.42. The number of ether oxygens (including phenoxy) is 2. The van der Waals surface area contributed by atoms with Crippen LogP contribution in [0.2, 0.25) is 0 Å². The van der Waals surface area contributed by atoms with Crippen LogP contribution in [-0.4, -0.2) is 48.8 Å². The van der Waals surface area contributed by atoms with E-state index >= 15 is 0 Å². The van der Waals surface area contributed by atoms with Crippen molar-refractivity contribution in [3.8, 4) is 16.3 Å². The zero-order chi connectivity index (χ0) is 15.2. The zero-order valence-electron chi connectivity index (χ0n) is 12.9. The summed E-state index contributed by atoms with van der Waals surface area (Å²) in [4.78, 5) is 6.78. The van der Waals surface area contributed by atoms with E-state index in [1.165, 1.54) is 0 Å². The van der Waals surface area contributed by atoms with Gasteiger partial charge in [-0.2, -0.15) is 0 Å². The first kappa shape index (κ1) is 15.5. The fourth-order valence-corrected chi connectivity index (χ4v) is 3.26. The molecule has 1 aromatic heterocycles. The summed E-state index contributed by atoms with van der Waals surface area (Å²) in [6, 6.07) is 8.70. The third-order valence-corrected chi connectivity index (χ3v) is 4.72. The molecular formula is C17H22N2O2S. The van der Waals surface area contributed by atoms with Crippen LogP contribution in [0.1, 0.15) is 13.3 Å². The van der Waals surface area contributed by atoms with Gasteiger partial charge in [0.2, 0.25) is 0 Å². The molecule has 1 atom stereocenters. The maximum atomic E-state index is 5.83. The number of morpholine rings is 1. The lowest BCUT2D eigenvalue weighted by molar-refractivity contribution is -0.00200. The Labute approximate surface area is 135 Å². The van der Waals surface area contributed by atoms with Gasteiger partial charge in [-0.3, -0.25) is 4.90 Å². The molecule has 0 spiro atoms. The van der Waals surface area contributed by atoms with Crippen LogP contribution in [0.4, 0.5) is 0 Å². The van der Waals surface area contributed by atoms with Crippen LogP contribution in [0.15, 0.2) is 35.8 Å². The van der Waals surface area contributed by atoms with Gasteiger partial charge in [0.25, 0.3) is 0 Å². The van der Waals surface area contributed by atoms with Crippen LogP contribution < -0.4 is 4.74 Å². The van der Waals surface area contributed by atoms with Crippen LogP contribution in [-0.2, 0) is 4.74 Å². The Kier molecular flexibility index (Phi) is 5.43. The van der Waals surface area contributed by atoms with Crippen LogP contribution in [0.3, 0.4) is 0 Å². The Morgan fingerprint density at radius 3 is 2.95 bits per heavy atom. The smallest absolute Gasteiger partial charge is 0.123 e. The lowest BCUT2D eigenvalue weighted by Crippen LogP contribution is -2.44. The summed E-state index contributed by atoms with van der Waals surface area (Å²) in [7, 11) is 0. The van der Waals surface area contributed by atoms with Gasteiger partial charge in [0.05, 0.1) is 19.8 Å². The lowest BCUT2D eigenvalue weighted by Gasteiger charge is -2.33. The lowest BCUT2D eigenvalue weighted by atomic mass is 10.2. The Bertz CT molecular complexity index is 557. The number of hydrogen-bond acceptors (Lipinski definition) is 5. The molecule has 0 amide bonds. The Morgan fingerprint density at radius 2 is 2.23 bits per heavy atom. The first-order chi connectivity index (χ1) is 10.8. The van der Waals surface area contributed by atoms with E-state index in [9.17, 15) is 0 Å². The summed E-state index contributed by atoms with van der Waals surface area (Å²) in [6.07, 6.45) is 2.87. The average Bonchev–Trinajstić information content (AvgIpc) is 3.08. The minimum absolute atomic E-state index is 0.520. The molecule has 0 radical (unpaired) electrons. The van der Waals surface area contributed by atoms with Crippen molar-refractivity contribution in [1.29, 1.82) is 0 Å². The molecule has 1 aliphatic rings. The van der Waals surface area contributed by atoms with Crippen LogP contribution >= 0.6 is 11.3 Å². The second kappa shape index (κ2) is 7.72. The molecule has 0 saturated carbocycles. The third kappa shape index (κ3) is 4.06. The molecule has 1 fully saturated rings. The van der Waals surface area contributed by atoms with Gasteiger partial charge in [-0.1, -0.05) is 0 Å². The summed E-state index contributed by atoms with van der Waals surface area (Å²) in [5.74, 6) is 0.926. The average molecular weight is 318 g/mol. The monoisotopic (exact) mass is 318 g/mol. The molecule has 1 unspecified atom stereocenters. The minimum Gasteiger partial charge on any atom is -0.494 e. The highest BCUT2D eigenvalue weighted by Gasteiger charge is 2.17. The molecule has 118 valence electrons. The molecule has 2 aromatic rings. The first-order valence-corrected chi connectivity index (χ1v) is 8.65. The highest BCUT2D eigenvalue weighted by molar-refractivity contribution is 7.13. The van der Waals surface area contributed by atoms with Crippen LogP contribution in [0, 0.1) is 0 Å². The second-order valence-corrected chi connectivity index (χ2v) is 6.42. The molecule has 5 heteroatoms. The molecule has 2 heterocycles. The summed E-state index contributed by atoms with van der Waals surface area (Å²) in [5, 5.41) is 3.04. The third-order valence-electron chi connectivity index (χ3n) is 3.90. The van der Waals surface area contributed by atoms with Gasteiger partial charge in [-0.15, -0.1) is 11.3 Å². The standard InChI is InChI=1S/C17H22N2O2S/c1-14-13-20-11-9-19(14)8-2-10-21-16-5-3-15(4-6-16)17-18-7-12-22-17/h3-7,12,14H,2,8-11,13H2,1H3. The largest absolute Gasteiger partial charge is 0.494 e. The highest BCUT2D eigenvalue weighted by atomic mass is 32.1. The van der Waals surface area contributed by atoms with Gasteiger partial charge in [0.15, 0.2) is 0 Å². The number of hydrogen-bond donors (Lipinski definition) is 0. The molecule has 0 aliphatic carbocycles. The highest BCUT2D eigenvalue weighted by Crippen LogP contribution is 2.24. The van der Waals surface area contributed by atoms with Crippen molar-refractivity contribution in [3.05, 3.63) is 35.8 Å². The molecule has 0 N–H and O–H groups in total. The number of rotatable bonds is 6. The maximum Gasteiger partial charge on any atom is 0.123 e. The number of nitrogens with zero attached hydrogens (tertiary/aromatic N) is 2. The van der Waals surface area contributed by atoms with Crippen molar-refractivity contribution in [1.82, 2.24) is 9.88 Å². The van der Waals surface area contributed by atoms with Crippen molar-refractivity contribution in [3.63, 3.8) is 0 Å². The van der Waals surface area contributed by atoms with E-state index in [2.05, 4.69) is 28.9 Å². The summed E-state index contributed by atoms with van der Waals surface area (Å²) in [5.41, 5.74) is 1.14. The SMILES string of the molecule is CC1COCCN1CCCOc1ccc(-c2nccs2)cc1. The molecule has 1 saturated heterocycles. The fourth-order valence-electron chi connectivity index (χ4n) is 2.61. The van der Waals surface area contributed by atoms with E-state index in [0.717, 1.165) is 55.7 Å². The molecule has 22 heavy (non-hydrogen) atoms. The fraction of sp³-hybridized carbons (Fsp3) is 0.471. The summed E-state index contributed by atoms with van der Waals surface area (Å²) >= 11 is 1.65. The van der Waals surface area contributed by atoms with Crippen molar-refractivity contribution in [2.45, 2.75) is 19.4 Å². The minimum atomic E-state index is 0.520. The van der Waals surface area contributed by atoms with Crippen LogP contribution in [0.5, 0.6) is 5.75 Å². The Hall–Kier alpha value is -1.43. The first-order valence-electron chi connectivity index (χ1n) is 7.77. The van der Waals surface area contributed by atoms with E-state index < -0.39 is 0 Å². The molecule has 0 bridgehead atoms. The van der Waals surface area contributed by atoms with Crippen molar-refractivity contribution >= 4 is 11.3 Å². The number of thiazole rings is 1. The van der Waals surface area contributed by atoms with Crippen molar-refractivity contribution < 1.29 is 9.47 Å². The van der Waals surface area contributed by atoms with E-state index in [1.54, 1.807) is 11.3 Å². The van der Waals surface area contributed by atoms with E-state index in [1.807, 2.05) is 23.7 Å². The van der Waals surface area contributed by atoms with E-state index in [-0.39, 0.29) is 0 Å². The van der Waals surface area contributed by atoms with Gasteiger partial charge >= 0.3 is 0 Å². The summed E-state index contributed by atoms with van der Waals surface area (Å²) in [6.45, 7) is 6.77. The molecule has 1 aromatic carbocycles. The maximum absolute atomic E-state index is 5.83. The van der Waals surface area contributed by atoms with Crippen LogP contribution in [0.25, 0.3) is 10.6 Å². The topological polar surface area (TPSA) is 34.6 Å². The molecule has 3 rings (SSSR count). The van der Waals surface area contributed by atoms with Crippen molar-refractivity contribution in [2.75, 3.05) is 32.9 Å². The molecule has 4 nitrogen and oxygen atoms in total. The quantitative estimate of drug-likeness (QED) is 0.766. The Morgan fingerprint density at radius 1 is 1.36 bits per heavy atom. The second-order valence-electron chi connectivity index (χ2n) is 5.52. The molecule has 1 aliphatic heterocycles. The zero-order valence-corrected chi connectivity index (χ0v) is 13.7. The molecular weight excluding hydrogens is 296 g/mol. The van der Waals surface area contributed by atoms with Gasteiger partial charge < -0.3 is 9.47 Å². The van der Waals surface area contributed by atoms with Crippen molar-refractivity contribution in [2.24, 2.45) is 0 Å². The van der Waals surface area contributed by atoms with E-state index in [4.69, 9.17) is 9.47 Å². The van der Waals surface area contributed by atoms with Gasteiger partial charge in [-0.25, -0.2) is 4.98 Å². The predicted molar refractivity (Wildman–Crippen MR) is 89.5 cm³/mol. The van der Waals surface area contributed by atoms with Gasteiger partial charge in [-0.05, 0) is 37.6 Å². The number of benzene rings is 1. The normalized spacial score (nSPS) is 19.2. The van der Waals surface area contributed by atoms with E-state index in [0.29, 0.717) is 6.04 Å². The number of aromatic nitrogens is 1. The van der Waals surface area contributed by atoms with Gasteiger partial charge in [0, 0.05) is 36.3 Å². The van der Waals surface area contributed by atoms with Gasteiger partial charge in [0.1, 0.15) is 10.8 Å². The predicted octanol–water partition coefficient (Wildman–Crippen LogP) is 3.30.